The lowest BCUT2D eigenvalue weighted by Gasteiger charge is -1.90. The summed E-state index contributed by atoms with van der Waals surface area (Å²) < 4.78 is 4.71. The molecule has 0 aliphatic carbocycles. The molecule has 0 bridgehead atoms. The Morgan fingerprint density at radius 3 is 3.00 bits per heavy atom. The molecule has 0 aliphatic rings. The summed E-state index contributed by atoms with van der Waals surface area (Å²) in [6.07, 6.45) is 0. The molecule has 11 heavy (non-hydrogen) atoms. The van der Waals surface area contributed by atoms with Crippen molar-refractivity contribution < 1.29 is 4.52 Å². The Morgan fingerprint density at radius 2 is 2.55 bits per heavy atom. The van der Waals surface area contributed by atoms with Gasteiger partial charge in [-0.05, 0) is 0 Å². The molecule has 1 aromatic heterocycles. The first kappa shape index (κ1) is 8.06. The van der Waals surface area contributed by atoms with Gasteiger partial charge in [-0.3, -0.25) is 5.41 Å². The summed E-state index contributed by atoms with van der Waals surface area (Å²) in [7, 11) is 0. The van der Waals surface area contributed by atoms with Crippen molar-refractivity contribution >= 4 is 16.9 Å². The van der Waals surface area contributed by atoms with Crippen molar-refractivity contribution in [3.05, 3.63) is 11.7 Å². The quantitative estimate of drug-likeness (QED) is 0.501. The van der Waals surface area contributed by atoms with Crippen LogP contribution in [0.15, 0.2) is 4.52 Å². The van der Waals surface area contributed by atoms with E-state index in [0.29, 0.717) is 17.5 Å². The van der Waals surface area contributed by atoms with Gasteiger partial charge in [-0.25, -0.2) is 0 Å². The Morgan fingerprint density at radius 1 is 1.82 bits per heavy atom. The highest BCUT2D eigenvalue weighted by molar-refractivity contribution is 8.12. The lowest BCUT2D eigenvalue weighted by molar-refractivity contribution is 0.389. The van der Waals surface area contributed by atoms with Crippen molar-refractivity contribution in [1.29, 1.82) is 5.41 Å². The highest BCUT2D eigenvalue weighted by Crippen LogP contribution is 2.07. The summed E-state index contributed by atoms with van der Waals surface area (Å²) in [5.74, 6) is 1.60. The fraction of sp³-hybridized carbons (Fsp3) is 0.400. The van der Waals surface area contributed by atoms with Crippen LogP contribution in [0.5, 0.6) is 0 Å². The minimum absolute atomic E-state index is 0.0625. The average molecular weight is 172 g/mol. The zero-order valence-electron chi connectivity index (χ0n) is 6.00. The maximum Gasteiger partial charge on any atom is 0.223 e. The summed E-state index contributed by atoms with van der Waals surface area (Å²) in [4.78, 5) is 3.93. The Kier molecular flexibility index (Phi) is 2.48. The van der Waals surface area contributed by atoms with Crippen molar-refractivity contribution in [3.8, 4) is 0 Å². The van der Waals surface area contributed by atoms with Crippen LogP contribution in [0.1, 0.15) is 11.7 Å². The van der Waals surface area contributed by atoms with E-state index in [4.69, 9.17) is 15.7 Å². The molecule has 0 fully saturated rings. The summed E-state index contributed by atoms with van der Waals surface area (Å²) in [6.45, 7) is 1.72. The predicted octanol–water partition coefficient (Wildman–Crippen LogP) is 0.505. The first-order chi connectivity index (χ1) is 5.18. The molecule has 5 nitrogen and oxygen atoms in total. The van der Waals surface area contributed by atoms with E-state index >= 15 is 0 Å². The average Bonchev–Trinajstić information content (AvgIpc) is 2.31. The minimum Gasteiger partial charge on any atom is -0.379 e. The van der Waals surface area contributed by atoms with Gasteiger partial charge in [0.25, 0.3) is 0 Å². The van der Waals surface area contributed by atoms with Gasteiger partial charge in [0.1, 0.15) is 0 Å². The van der Waals surface area contributed by atoms with E-state index < -0.39 is 0 Å². The van der Waals surface area contributed by atoms with Gasteiger partial charge >= 0.3 is 0 Å². The number of rotatable bonds is 2. The van der Waals surface area contributed by atoms with Crippen LogP contribution in [0.2, 0.25) is 0 Å². The van der Waals surface area contributed by atoms with Gasteiger partial charge in [-0.2, -0.15) is 4.98 Å². The van der Waals surface area contributed by atoms with E-state index in [9.17, 15) is 0 Å². The number of aryl methyl sites for hydroxylation is 1. The van der Waals surface area contributed by atoms with E-state index in [1.54, 1.807) is 6.92 Å². The van der Waals surface area contributed by atoms with Crippen molar-refractivity contribution in [3.63, 3.8) is 0 Å². The van der Waals surface area contributed by atoms with Crippen LogP contribution in [0.25, 0.3) is 0 Å². The zero-order valence-corrected chi connectivity index (χ0v) is 6.81. The van der Waals surface area contributed by atoms with Crippen molar-refractivity contribution in [1.82, 2.24) is 10.1 Å². The van der Waals surface area contributed by atoms with Gasteiger partial charge in [-0.1, -0.05) is 16.9 Å². The topological polar surface area (TPSA) is 88.8 Å². The molecule has 3 N–H and O–H groups in total. The molecule has 6 heteroatoms. The first-order valence-corrected chi connectivity index (χ1v) is 3.93. The van der Waals surface area contributed by atoms with E-state index in [1.165, 1.54) is 11.8 Å². The molecule has 0 saturated heterocycles. The van der Waals surface area contributed by atoms with Crippen LogP contribution in [-0.2, 0) is 5.75 Å². The molecular formula is C5H8N4OS. The molecule has 0 radical (unpaired) electrons. The molecule has 1 heterocycles. The zero-order chi connectivity index (χ0) is 8.27. The van der Waals surface area contributed by atoms with Crippen molar-refractivity contribution in [2.24, 2.45) is 5.73 Å². The summed E-state index contributed by atoms with van der Waals surface area (Å²) in [5.41, 5.74) is 5.11. The predicted molar refractivity (Wildman–Crippen MR) is 42.2 cm³/mol. The molecule has 0 aromatic carbocycles. The number of thioether (sulfide) groups is 1. The second-order valence-corrected chi connectivity index (χ2v) is 2.90. The Balaban J connectivity index is 2.45. The van der Waals surface area contributed by atoms with Gasteiger partial charge in [-0.15, -0.1) is 0 Å². The van der Waals surface area contributed by atoms with Gasteiger partial charge in [0.15, 0.2) is 11.0 Å². The summed E-state index contributed by atoms with van der Waals surface area (Å²) >= 11 is 1.17. The van der Waals surface area contributed by atoms with Gasteiger partial charge in [0, 0.05) is 6.92 Å². The molecule has 0 spiro atoms. The molecule has 0 saturated carbocycles. The standard InChI is InChI=1S/C5H8N4OS/c1-3-8-4(9-10-3)2-11-5(6)7/h2H2,1H3,(H3,6,7). The maximum atomic E-state index is 6.91. The van der Waals surface area contributed by atoms with Crippen LogP contribution in [-0.4, -0.2) is 15.3 Å². The van der Waals surface area contributed by atoms with Crippen molar-refractivity contribution in [2.45, 2.75) is 12.7 Å². The molecule has 1 rings (SSSR count). The second kappa shape index (κ2) is 3.38. The smallest absolute Gasteiger partial charge is 0.223 e. The van der Waals surface area contributed by atoms with E-state index in [2.05, 4.69) is 10.1 Å². The lowest BCUT2D eigenvalue weighted by Crippen LogP contribution is -2.04. The first-order valence-electron chi connectivity index (χ1n) is 2.94. The Hall–Kier alpha value is -1.04. The summed E-state index contributed by atoms with van der Waals surface area (Å²) in [6, 6.07) is 0. The highest BCUT2D eigenvalue weighted by Gasteiger charge is 2.01. The SMILES string of the molecule is Cc1nc(CSC(=N)N)no1. The van der Waals surface area contributed by atoms with Gasteiger partial charge < -0.3 is 10.3 Å². The maximum absolute atomic E-state index is 6.91. The van der Waals surface area contributed by atoms with Crippen LogP contribution < -0.4 is 5.73 Å². The summed E-state index contributed by atoms with van der Waals surface area (Å²) in [5, 5.41) is 10.6. The van der Waals surface area contributed by atoms with E-state index in [1.807, 2.05) is 0 Å². The third-order valence-corrected chi connectivity index (χ3v) is 1.64. The Bertz CT molecular complexity index is 259. The number of amidine groups is 1. The number of hydrogen-bond donors (Lipinski definition) is 2. The van der Waals surface area contributed by atoms with Crippen molar-refractivity contribution in [2.75, 3.05) is 0 Å². The minimum atomic E-state index is 0.0625. The molecule has 0 amide bonds. The molecular weight excluding hydrogens is 164 g/mol. The highest BCUT2D eigenvalue weighted by atomic mass is 32.2. The van der Waals surface area contributed by atoms with Gasteiger partial charge in [0.2, 0.25) is 5.89 Å². The number of aromatic nitrogens is 2. The van der Waals surface area contributed by atoms with Crippen LogP contribution in [0, 0.1) is 12.3 Å². The van der Waals surface area contributed by atoms with Crippen LogP contribution in [0.3, 0.4) is 0 Å². The number of nitrogens with zero attached hydrogens (tertiary/aromatic N) is 2. The number of nitrogens with two attached hydrogens (primary N) is 1. The molecule has 60 valence electrons. The largest absolute Gasteiger partial charge is 0.379 e. The number of nitrogens with one attached hydrogen (secondary N) is 1. The second-order valence-electron chi connectivity index (χ2n) is 1.88. The number of hydrogen-bond acceptors (Lipinski definition) is 5. The van der Waals surface area contributed by atoms with Gasteiger partial charge in [0.05, 0.1) is 5.75 Å². The van der Waals surface area contributed by atoms with Crippen LogP contribution in [0.4, 0.5) is 0 Å². The third-order valence-electron chi connectivity index (χ3n) is 0.926. The fourth-order valence-electron chi connectivity index (χ4n) is 0.542. The molecule has 0 aliphatic heterocycles. The van der Waals surface area contributed by atoms with E-state index in [0.717, 1.165) is 0 Å². The monoisotopic (exact) mass is 172 g/mol. The third kappa shape index (κ3) is 2.58. The lowest BCUT2D eigenvalue weighted by atomic mass is 10.7. The Labute approximate surface area is 67.9 Å². The normalized spacial score (nSPS) is 9.91. The molecule has 0 atom stereocenters. The molecule has 1 aromatic rings. The van der Waals surface area contributed by atoms with Crippen LogP contribution >= 0.6 is 11.8 Å². The fourth-order valence-corrected chi connectivity index (χ4v) is 0.944. The molecule has 0 unspecified atom stereocenters. The van der Waals surface area contributed by atoms with E-state index in [-0.39, 0.29) is 5.17 Å².